The van der Waals surface area contributed by atoms with E-state index in [4.69, 9.17) is 33.0 Å². The molecule has 0 saturated heterocycles. The molecule has 0 aromatic heterocycles. The summed E-state index contributed by atoms with van der Waals surface area (Å²) in [7, 11) is 0. The first-order chi connectivity index (χ1) is 7.58. The smallest absolute Gasteiger partial charge is 0.303 e. The average molecular weight is 263 g/mol. The summed E-state index contributed by atoms with van der Waals surface area (Å²) in [6.45, 7) is 0.462. The van der Waals surface area contributed by atoms with Gasteiger partial charge < -0.3 is 9.84 Å². The number of benzene rings is 1. The van der Waals surface area contributed by atoms with Gasteiger partial charge in [0.25, 0.3) is 0 Å². The zero-order chi connectivity index (χ0) is 12.0. The zero-order valence-electron chi connectivity index (χ0n) is 8.58. The molecule has 1 aromatic carbocycles. The van der Waals surface area contributed by atoms with E-state index in [2.05, 4.69) is 0 Å². The monoisotopic (exact) mass is 262 g/mol. The summed E-state index contributed by atoms with van der Waals surface area (Å²) in [5.74, 6) is -0.182. The molecule has 5 heteroatoms. The third-order valence-electron chi connectivity index (χ3n) is 1.89. The fourth-order valence-corrected chi connectivity index (χ4v) is 1.69. The second-order valence-corrected chi connectivity index (χ2v) is 4.18. The molecule has 88 valence electrons. The first-order valence-electron chi connectivity index (χ1n) is 4.88. The Balaban J connectivity index is 2.29. The lowest BCUT2D eigenvalue weighted by Gasteiger charge is -2.06. The Morgan fingerprint density at radius 3 is 2.38 bits per heavy atom. The van der Waals surface area contributed by atoms with Gasteiger partial charge in [0, 0.05) is 16.5 Å². The fraction of sp³-hybridized carbons (Fsp3) is 0.364. The van der Waals surface area contributed by atoms with Crippen molar-refractivity contribution >= 4 is 29.2 Å². The van der Waals surface area contributed by atoms with E-state index in [0.29, 0.717) is 35.2 Å². The van der Waals surface area contributed by atoms with Crippen LogP contribution in [0.5, 0.6) is 5.75 Å². The fourth-order valence-electron chi connectivity index (χ4n) is 1.18. The maximum absolute atomic E-state index is 10.2. The molecule has 0 heterocycles. The highest BCUT2D eigenvalue weighted by Crippen LogP contribution is 2.24. The van der Waals surface area contributed by atoms with Crippen molar-refractivity contribution in [2.45, 2.75) is 19.3 Å². The largest absolute Gasteiger partial charge is 0.493 e. The van der Waals surface area contributed by atoms with Crippen molar-refractivity contribution in [1.29, 1.82) is 0 Å². The third kappa shape index (κ3) is 5.24. The van der Waals surface area contributed by atoms with Gasteiger partial charge in [0.05, 0.1) is 6.61 Å². The van der Waals surface area contributed by atoms with Gasteiger partial charge in [-0.2, -0.15) is 0 Å². The Labute approximate surface area is 104 Å². The van der Waals surface area contributed by atoms with Crippen LogP contribution in [0.4, 0.5) is 0 Å². The highest BCUT2D eigenvalue weighted by Gasteiger charge is 2.00. The summed E-state index contributed by atoms with van der Waals surface area (Å²) in [6, 6.07) is 4.97. The molecule has 0 spiro atoms. The molecule has 3 nitrogen and oxygen atoms in total. The third-order valence-corrected chi connectivity index (χ3v) is 2.33. The molecular formula is C11H12Cl2O3. The van der Waals surface area contributed by atoms with Gasteiger partial charge in [-0.05, 0) is 31.0 Å². The van der Waals surface area contributed by atoms with Gasteiger partial charge in [-0.25, -0.2) is 0 Å². The SMILES string of the molecule is O=C(O)CCCCOc1cc(Cl)cc(Cl)c1. The van der Waals surface area contributed by atoms with Gasteiger partial charge in [-0.1, -0.05) is 23.2 Å². The van der Waals surface area contributed by atoms with Crippen LogP contribution in [0.15, 0.2) is 18.2 Å². The second kappa shape index (κ2) is 6.61. The van der Waals surface area contributed by atoms with Crippen LogP contribution in [-0.2, 0) is 4.79 Å². The molecule has 0 aliphatic carbocycles. The number of halogens is 2. The molecule has 0 amide bonds. The number of rotatable bonds is 6. The lowest BCUT2D eigenvalue weighted by molar-refractivity contribution is -0.137. The Hall–Kier alpha value is -0.930. The van der Waals surface area contributed by atoms with Crippen LogP contribution in [0.3, 0.4) is 0 Å². The Bertz CT molecular complexity index is 346. The summed E-state index contributed by atoms with van der Waals surface area (Å²) in [5.41, 5.74) is 0. The van der Waals surface area contributed by atoms with Gasteiger partial charge in [-0.3, -0.25) is 4.79 Å². The van der Waals surface area contributed by atoms with Crippen LogP contribution < -0.4 is 4.74 Å². The summed E-state index contributed by atoms with van der Waals surface area (Å²) in [5, 5.41) is 9.47. The highest BCUT2D eigenvalue weighted by atomic mass is 35.5. The summed E-state index contributed by atoms with van der Waals surface area (Å²) >= 11 is 11.6. The standard InChI is InChI=1S/C11H12Cl2O3/c12-8-5-9(13)7-10(6-8)16-4-2-1-3-11(14)15/h5-7H,1-4H2,(H,14,15). The molecule has 1 N–H and O–H groups in total. The van der Waals surface area contributed by atoms with E-state index in [9.17, 15) is 4.79 Å². The Kier molecular flexibility index (Phi) is 5.43. The van der Waals surface area contributed by atoms with E-state index in [1.807, 2.05) is 0 Å². The van der Waals surface area contributed by atoms with Crippen molar-refractivity contribution in [1.82, 2.24) is 0 Å². The minimum Gasteiger partial charge on any atom is -0.493 e. The minimum atomic E-state index is -0.786. The van der Waals surface area contributed by atoms with Crippen molar-refractivity contribution < 1.29 is 14.6 Å². The predicted octanol–water partition coefficient (Wildman–Crippen LogP) is 3.63. The lowest BCUT2D eigenvalue weighted by Crippen LogP contribution is -2.00. The number of carboxylic acid groups (broad SMARTS) is 1. The van der Waals surface area contributed by atoms with Gasteiger partial charge in [0.1, 0.15) is 5.75 Å². The zero-order valence-corrected chi connectivity index (χ0v) is 10.1. The maximum Gasteiger partial charge on any atom is 0.303 e. The highest BCUT2D eigenvalue weighted by molar-refractivity contribution is 6.34. The van der Waals surface area contributed by atoms with E-state index < -0.39 is 5.97 Å². The summed E-state index contributed by atoms with van der Waals surface area (Å²) in [6.07, 6.45) is 1.46. The van der Waals surface area contributed by atoms with Gasteiger partial charge in [0.15, 0.2) is 0 Å². The number of carboxylic acids is 1. The van der Waals surface area contributed by atoms with Crippen LogP contribution >= 0.6 is 23.2 Å². The van der Waals surface area contributed by atoms with Crippen molar-refractivity contribution in [3.05, 3.63) is 28.2 Å². The van der Waals surface area contributed by atoms with Crippen molar-refractivity contribution in [3.8, 4) is 5.75 Å². The molecule has 0 bridgehead atoms. The minimum absolute atomic E-state index is 0.166. The number of unbranched alkanes of at least 4 members (excludes halogenated alkanes) is 1. The van der Waals surface area contributed by atoms with Gasteiger partial charge >= 0.3 is 5.97 Å². The average Bonchev–Trinajstić information content (AvgIpc) is 2.15. The first-order valence-corrected chi connectivity index (χ1v) is 5.64. The molecule has 0 fully saturated rings. The molecule has 0 radical (unpaired) electrons. The van der Waals surface area contributed by atoms with E-state index in [1.165, 1.54) is 0 Å². The number of hydrogen-bond acceptors (Lipinski definition) is 2. The van der Waals surface area contributed by atoms with Crippen molar-refractivity contribution in [3.63, 3.8) is 0 Å². The number of ether oxygens (including phenoxy) is 1. The van der Waals surface area contributed by atoms with Crippen LogP contribution in [0, 0.1) is 0 Å². The quantitative estimate of drug-likeness (QED) is 0.797. The number of aliphatic carboxylic acids is 1. The lowest BCUT2D eigenvalue weighted by atomic mass is 10.2. The van der Waals surface area contributed by atoms with Gasteiger partial charge in [0.2, 0.25) is 0 Å². The number of carbonyl (C=O) groups is 1. The van der Waals surface area contributed by atoms with Crippen LogP contribution in [-0.4, -0.2) is 17.7 Å². The summed E-state index contributed by atoms with van der Waals surface area (Å²) < 4.78 is 5.39. The molecule has 0 aliphatic heterocycles. The van der Waals surface area contributed by atoms with Gasteiger partial charge in [-0.15, -0.1) is 0 Å². The summed E-state index contributed by atoms with van der Waals surface area (Å²) in [4.78, 5) is 10.2. The molecule has 0 aliphatic rings. The van der Waals surface area contributed by atoms with E-state index in [-0.39, 0.29) is 6.42 Å². The predicted molar refractivity (Wildman–Crippen MR) is 63.4 cm³/mol. The molecular weight excluding hydrogens is 251 g/mol. The molecule has 1 rings (SSSR count). The second-order valence-electron chi connectivity index (χ2n) is 3.30. The Morgan fingerprint density at radius 1 is 1.19 bits per heavy atom. The maximum atomic E-state index is 10.2. The van der Waals surface area contributed by atoms with E-state index in [1.54, 1.807) is 18.2 Å². The molecule has 1 aromatic rings. The topological polar surface area (TPSA) is 46.5 Å². The Morgan fingerprint density at radius 2 is 1.81 bits per heavy atom. The van der Waals surface area contributed by atoms with Crippen molar-refractivity contribution in [2.75, 3.05) is 6.61 Å². The molecule has 0 saturated carbocycles. The first kappa shape index (κ1) is 13.1. The van der Waals surface area contributed by atoms with Crippen molar-refractivity contribution in [2.24, 2.45) is 0 Å². The molecule has 0 atom stereocenters. The van der Waals surface area contributed by atoms with E-state index in [0.717, 1.165) is 0 Å². The van der Waals surface area contributed by atoms with Crippen LogP contribution in [0.25, 0.3) is 0 Å². The van der Waals surface area contributed by atoms with Crippen LogP contribution in [0.1, 0.15) is 19.3 Å². The normalized spacial score (nSPS) is 10.1. The molecule has 0 unspecified atom stereocenters. The molecule has 16 heavy (non-hydrogen) atoms. The van der Waals surface area contributed by atoms with E-state index >= 15 is 0 Å². The number of hydrogen-bond donors (Lipinski definition) is 1. The van der Waals surface area contributed by atoms with Crippen LogP contribution in [0.2, 0.25) is 10.0 Å².